The third-order valence-corrected chi connectivity index (χ3v) is 3.11. The van der Waals surface area contributed by atoms with Gasteiger partial charge in [0.1, 0.15) is 11.6 Å². The van der Waals surface area contributed by atoms with E-state index >= 15 is 0 Å². The van der Waals surface area contributed by atoms with Crippen molar-refractivity contribution in [3.05, 3.63) is 36.3 Å². The number of ether oxygens (including phenoxy) is 1. The largest absolute Gasteiger partial charge is 0.462 e. The molecule has 0 spiro atoms. The molecular formula is C14H14FNO3S. The minimum Gasteiger partial charge on any atom is -0.462 e. The van der Waals surface area contributed by atoms with Crippen LogP contribution in [-0.4, -0.2) is 22.8 Å². The van der Waals surface area contributed by atoms with Gasteiger partial charge in [0.15, 0.2) is 5.76 Å². The predicted octanol–water partition coefficient (Wildman–Crippen LogP) is 3.52. The first-order valence-corrected chi connectivity index (χ1v) is 7.07. The number of hydrogen-bond acceptors (Lipinski definition) is 5. The number of carbonyl (C=O) groups is 1. The lowest BCUT2D eigenvalue weighted by atomic mass is 10.2. The fourth-order valence-electron chi connectivity index (χ4n) is 1.49. The molecule has 106 valence electrons. The molecule has 1 heterocycles. The molecule has 0 amide bonds. The molecule has 1 aromatic heterocycles. The SMILES string of the molecule is CC(C)OC(=O)CSc1ncc(-c2ccc(F)cc2)o1. The summed E-state index contributed by atoms with van der Waals surface area (Å²) in [5, 5.41) is 0.380. The van der Waals surface area contributed by atoms with Gasteiger partial charge in [-0.25, -0.2) is 9.37 Å². The van der Waals surface area contributed by atoms with Crippen molar-refractivity contribution in [2.75, 3.05) is 5.75 Å². The van der Waals surface area contributed by atoms with Gasteiger partial charge in [0.2, 0.25) is 0 Å². The van der Waals surface area contributed by atoms with E-state index in [-0.39, 0.29) is 23.6 Å². The van der Waals surface area contributed by atoms with Crippen LogP contribution < -0.4 is 0 Å². The van der Waals surface area contributed by atoms with E-state index < -0.39 is 0 Å². The van der Waals surface area contributed by atoms with E-state index in [4.69, 9.17) is 9.15 Å². The second kappa shape index (κ2) is 6.56. The quantitative estimate of drug-likeness (QED) is 0.624. The van der Waals surface area contributed by atoms with Crippen LogP contribution in [0.25, 0.3) is 11.3 Å². The molecule has 2 aromatic rings. The molecule has 0 fully saturated rings. The lowest BCUT2D eigenvalue weighted by Crippen LogP contribution is -2.13. The Bertz CT molecular complexity index is 580. The van der Waals surface area contributed by atoms with Crippen LogP contribution in [0, 0.1) is 5.82 Å². The summed E-state index contributed by atoms with van der Waals surface area (Å²) in [5.41, 5.74) is 0.732. The second-order valence-corrected chi connectivity index (χ2v) is 5.25. The van der Waals surface area contributed by atoms with Gasteiger partial charge in [-0.2, -0.15) is 0 Å². The highest BCUT2D eigenvalue weighted by atomic mass is 32.2. The zero-order chi connectivity index (χ0) is 14.5. The molecule has 0 N–H and O–H groups in total. The van der Waals surface area contributed by atoms with Crippen LogP contribution in [0.2, 0.25) is 0 Å². The number of aromatic nitrogens is 1. The number of nitrogens with zero attached hydrogens (tertiary/aromatic N) is 1. The normalized spacial score (nSPS) is 10.8. The van der Waals surface area contributed by atoms with E-state index in [2.05, 4.69) is 4.98 Å². The van der Waals surface area contributed by atoms with Crippen molar-refractivity contribution in [1.82, 2.24) is 4.98 Å². The highest BCUT2D eigenvalue weighted by Crippen LogP contribution is 2.25. The highest BCUT2D eigenvalue weighted by molar-refractivity contribution is 7.99. The van der Waals surface area contributed by atoms with Crippen molar-refractivity contribution >= 4 is 17.7 Å². The topological polar surface area (TPSA) is 52.3 Å². The van der Waals surface area contributed by atoms with E-state index in [1.165, 1.54) is 12.1 Å². The molecule has 20 heavy (non-hydrogen) atoms. The summed E-state index contributed by atoms with van der Waals surface area (Å²) in [6, 6.07) is 5.92. The summed E-state index contributed by atoms with van der Waals surface area (Å²) in [6.45, 7) is 3.58. The number of halogens is 1. The number of thioether (sulfide) groups is 1. The Balaban J connectivity index is 1.95. The third kappa shape index (κ3) is 4.09. The summed E-state index contributed by atoms with van der Waals surface area (Å²) in [7, 11) is 0. The highest BCUT2D eigenvalue weighted by Gasteiger charge is 2.11. The first kappa shape index (κ1) is 14.6. The van der Waals surface area contributed by atoms with Crippen molar-refractivity contribution in [3.8, 4) is 11.3 Å². The first-order chi connectivity index (χ1) is 9.54. The molecule has 0 aliphatic rings. The summed E-state index contributed by atoms with van der Waals surface area (Å²) >= 11 is 1.16. The standard InChI is InChI=1S/C14H14FNO3S/c1-9(2)18-13(17)8-20-14-16-7-12(19-14)10-3-5-11(15)6-4-10/h3-7,9H,8H2,1-2H3. The van der Waals surface area contributed by atoms with Crippen molar-refractivity contribution in [2.45, 2.75) is 25.2 Å². The minimum absolute atomic E-state index is 0.137. The Kier molecular flexibility index (Phi) is 4.79. The van der Waals surface area contributed by atoms with E-state index in [1.807, 2.05) is 0 Å². The van der Waals surface area contributed by atoms with E-state index in [0.717, 1.165) is 17.3 Å². The zero-order valence-electron chi connectivity index (χ0n) is 11.1. The van der Waals surface area contributed by atoms with Crippen molar-refractivity contribution in [2.24, 2.45) is 0 Å². The Hall–Kier alpha value is -1.82. The number of oxazole rings is 1. The molecule has 4 nitrogen and oxygen atoms in total. The van der Waals surface area contributed by atoms with Gasteiger partial charge in [0.05, 0.1) is 12.3 Å². The maximum atomic E-state index is 12.8. The lowest BCUT2D eigenvalue weighted by Gasteiger charge is -2.05. The number of benzene rings is 1. The van der Waals surface area contributed by atoms with E-state index in [9.17, 15) is 9.18 Å². The monoisotopic (exact) mass is 295 g/mol. The van der Waals surface area contributed by atoms with Gasteiger partial charge < -0.3 is 9.15 Å². The molecule has 1 aromatic carbocycles. The Morgan fingerprint density at radius 3 is 2.75 bits per heavy atom. The molecule has 0 saturated heterocycles. The van der Waals surface area contributed by atoms with Gasteiger partial charge in [-0.1, -0.05) is 11.8 Å². The number of hydrogen-bond donors (Lipinski definition) is 0. The minimum atomic E-state index is -0.313. The van der Waals surface area contributed by atoms with E-state index in [1.54, 1.807) is 32.2 Å². The van der Waals surface area contributed by atoms with Gasteiger partial charge in [0, 0.05) is 5.56 Å². The van der Waals surface area contributed by atoms with Crippen molar-refractivity contribution in [3.63, 3.8) is 0 Å². The molecule has 0 bridgehead atoms. The average molecular weight is 295 g/mol. The summed E-state index contributed by atoms with van der Waals surface area (Å²) in [6.07, 6.45) is 1.41. The fraction of sp³-hybridized carbons (Fsp3) is 0.286. The maximum absolute atomic E-state index is 12.8. The molecule has 2 rings (SSSR count). The Morgan fingerprint density at radius 2 is 2.10 bits per heavy atom. The van der Waals surface area contributed by atoms with Crippen LogP contribution >= 0.6 is 11.8 Å². The van der Waals surface area contributed by atoms with Crippen LogP contribution in [0.3, 0.4) is 0 Å². The number of rotatable bonds is 5. The Morgan fingerprint density at radius 1 is 1.40 bits per heavy atom. The fourth-order valence-corrected chi connectivity index (χ4v) is 2.08. The van der Waals surface area contributed by atoms with Gasteiger partial charge in [-0.3, -0.25) is 4.79 Å². The zero-order valence-corrected chi connectivity index (χ0v) is 11.9. The lowest BCUT2D eigenvalue weighted by molar-refractivity contribution is -0.144. The Labute approximate surface area is 120 Å². The van der Waals surface area contributed by atoms with Gasteiger partial charge in [-0.05, 0) is 38.1 Å². The summed E-state index contributed by atoms with van der Waals surface area (Å²) in [4.78, 5) is 15.4. The van der Waals surface area contributed by atoms with Crippen LogP contribution in [0.1, 0.15) is 13.8 Å². The van der Waals surface area contributed by atoms with Gasteiger partial charge >= 0.3 is 5.97 Å². The average Bonchev–Trinajstić information content (AvgIpc) is 2.85. The second-order valence-electron chi connectivity index (χ2n) is 4.32. The van der Waals surface area contributed by atoms with Crippen LogP contribution in [0.5, 0.6) is 0 Å². The van der Waals surface area contributed by atoms with Gasteiger partial charge in [-0.15, -0.1) is 0 Å². The maximum Gasteiger partial charge on any atom is 0.316 e. The predicted molar refractivity (Wildman–Crippen MR) is 73.8 cm³/mol. The summed E-state index contributed by atoms with van der Waals surface area (Å²) < 4.78 is 23.3. The first-order valence-electron chi connectivity index (χ1n) is 6.08. The molecule has 0 radical (unpaired) electrons. The number of esters is 1. The summed E-state index contributed by atoms with van der Waals surface area (Å²) in [5.74, 6) is 0.0530. The molecule has 0 aliphatic heterocycles. The molecule has 6 heteroatoms. The molecular weight excluding hydrogens is 281 g/mol. The van der Waals surface area contributed by atoms with Crippen LogP contribution in [-0.2, 0) is 9.53 Å². The van der Waals surface area contributed by atoms with Crippen molar-refractivity contribution < 1.29 is 18.3 Å². The van der Waals surface area contributed by atoms with Crippen LogP contribution in [0.15, 0.2) is 40.1 Å². The third-order valence-electron chi connectivity index (χ3n) is 2.29. The molecule has 0 atom stereocenters. The molecule has 0 saturated carbocycles. The number of carbonyl (C=O) groups excluding carboxylic acids is 1. The molecule has 0 aliphatic carbocycles. The van der Waals surface area contributed by atoms with Crippen molar-refractivity contribution in [1.29, 1.82) is 0 Å². The van der Waals surface area contributed by atoms with Crippen LogP contribution in [0.4, 0.5) is 4.39 Å². The smallest absolute Gasteiger partial charge is 0.316 e. The van der Waals surface area contributed by atoms with Gasteiger partial charge in [0.25, 0.3) is 5.22 Å². The molecule has 0 unspecified atom stereocenters. The van der Waals surface area contributed by atoms with E-state index in [0.29, 0.717) is 11.0 Å².